The predicted molar refractivity (Wildman–Crippen MR) is 102 cm³/mol. The Hall–Kier alpha value is -0.320. The van der Waals surface area contributed by atoms with Crippen molar-refractivity contribution >= 4 is 15.9 Å². The SMILES string of the molecule is CCOC(OC)OC1=C(C23CC4CC(CC(C4)C2)C3)CCC(C)=C1Br. The number of methoxy groups -OCH3 is 1. The van der Waals surface area contributed by atoms with Crippen molar-refractivity contribution in [1.82, 2.24) is 0 Å². The molecule has 1 atom stereocenters. The van der Waals surface area contributed by atoms with Gasteiger partial charge >= 0.3 is 6.48 Å². The monoisotopic (exact) mass is 410 g/mol. The van der Waals surface area contributed by atoms with E-state index in [1.165, 1.54) is 44.1 Å². The third-order valence-electron chi connectivity index (χ3n) is 6.99. The van der Waals surface area contributed by atoms with E-state index in [-0.39, 0.29) is 0 Å². The Kier molecular flexibility index (Phi) is 5.07. The Morgan fingerprint density at radius 1 is 1.08 bits per heavy atom. The molecule has 0 amide bonds. The lowest BCUT2D eigenvalue weighted by Crippen LogP contribution is -2.47. The van der Waals surface area contributed by atoms with E-state index < -0.39 is 6.48 Å². The molecule has 4 fully saturated rings. The Bertz CT molecular complexity index is 557. The highest BCUT2D eigenvalue weighted by atomic mass is 79.9. The Balaban J connectivity index is 1.71. The number of rotatable bonds is 6. The number of allylic oxidation sites excluding steroid dienone is 3. The first-order valence-electron chi connectivity index (χ1n) is 9.95. The molecule has 4 bridgehead atoms. The van der Waals surface area contributed by atoms with E-state index >= 15 is 0 Å². The van der Waals surface area contributed by atoms with Crippen LogP contribution in [0.4, 0.5) is 0 Å². The van der Waals surface area contributed by atoms with Crippen LogP contribution in [-0.4, -0.2) is 20.2 Å². The Morgan fingerprint density at radius 3 is 2.20 bits per heavy atom. The van der Waals surface area contributed by atoms with Gasteiger partial charge in [0, 0.05) is 7.11 Å². The molecular formula is C21H31BrO3. The van der Waals surface area contributed by atoms with Crippen LogP contribution in [0.25, 0.3) is 0 Å². The van der Waals surface area contributed by atoms with Crippen LogP contribution < -0.4 is 0 Å². The van der Waals surface area contributed by atoms with Crippen LogP contribution in [0.15, 0.2) is 21.4 Å². The zero-order valence-corrected chi connectivity index (χ0v) is 17.4. The van der Waals surface area contributed by atoms with E-state index in [0.717, 1.165) is 40.8 Å². The average Bonchev–Trinajstić information content (AvgIpc) is 2.57. The van der Waals surface area contributed by atoms with E-state index in [0.29, 0.717) is 12.0 Å². The van der Waals surface area contributed by atoms with Crippen molar-refractivity contribution < 1.29 is 14.2 Å². The van der Waals surface area contributed by atoms with Crippen LogP contribution in [0.5, 0.6) is 0 Å². The summed E-state index contributed by atoms with van der Waals surface area (Å²) >= 11 is 3.83. The van der Waals surface area contributed by atoms with Gasteiger partial charge in [-0.3, -0.25) is 0 Å². The van der Waals surface area contributed by atoms with Crippen LogP contribution >= 0.6 is 15.9 Å². The summed E-state index contributed by atoms with van der Waals surface area (Å²) in [5, 5.41) is 0. The van der Waals surface area contributed by atoms with Crippen LogP contribution in [0.3, 0.4) is 0 Å². The van der Waals surface area contributed by atoms with Gasteiger partial charge in [-0.15, -0.1) is 0 Å². The average molecular weight is 411 g/mol. The van der Waals surface area contributed by atoms with E-state index in [1.54, 1.807) is 12.7 Å². The fraction of sp³-hybridized carbons (Fsp3) is 0.810. The maximum Gasteiger partial charge on any atom is 0.315 e. The number of hydrogen-bond donors (Lipinski definition) is 0. The van der Waals surface area contributed by atoms with Gasteiger partial charge < -0.3 is 14.2 Å². The quantitative estimate of drug-likeness (QED) is 0.509. The molecule has 25 heavy (non-hydrogen) atoms. The van der Waals surface area contributed by atoms with E-state index in [4.69, 9.17) is 14.2 Å². The molecule has 5 rings (SSSR count). The van der Waals surface area contributed by atoms with Gasteiger partial charge in [0.15, 0.2) is 0 Å². The summed E-state index contributed by atoms with van der Waals surface area (Å²) in [6.45, 7) is 4.13. The largest absolute Gasteiger partial charge is 0.440 e. The van der Waals surface area contributed by atoms with Crippen LogP contribution in [-0.2, 0) is 14.2 Å². The molecule has 0 radical (unpaired) electrons. The molecule has 0 aromatic carbocycles. The summed E-state index contributed by atoms with van der Waals surface area (Å²) in [5.74, 6) is 3.84. The standard InChI is InChI=1S/C21H31BrO3/c1-4-24-20(23-3)25-19-17(6-5-13(2)18(19)22)21-10-14-7-15(11-21)9-16(8-14)12-21/h14-16,20H,4-12H2,1-3H3. The second kappa shape index (κ2) is 7.01. The first-order valence-corrected chi connectivity index (χ1v) is 10.7. The minimum absolute atomic E-state index is 0.369. The maximum atomic E-state index is 6.30. The molecule has 0 aliphatic heterocycles. The molecule has 3 nitrogen and oxygen atoms in total. The lowest BCUT2D eigenvalue weighted by atomic mass is 9.47. The predicted octanol–water partition coefficient (Wildman–Crippen LogP) is 5.90. The smallest absolute Gasteiger partial charge is 0.315 e. The summed E-state index contributed by atoms with van der Waals surface area (Å²) in [7, 11) is 1.65. The molecule has 1 unspecified atom stereocenters. The summed E-state index contributed by atoms with van der Waals surface area (Å²) in [6.07, 6.45) is 10.8. The summed E-state index contributed by atoms with van der Waals surface area (Å²) in [4.78, 5) is 0. The van der Waals surface area contributed by atoms with Gasteiger partial charge in [-0.2, -0.15) is 0 Å². The molecule has 0 aromatic rings. The Morgan fingerprint density at radius 2 is 1.68 bits per heavy atom. The summed E-state index contributed by atoms with van der Waals surface area (Å²) in [5.41, 5.74) is 3.29. The van der Waals surface area contributed by atoms with Crippen molar-refractivity contribution in [3.63, 3.8) is 0 Å². The molecule has 0 spiro atoms. The van der Waals surface area contributed by atoms with Crippen molar-refractivity contribution in [1.29, 1.82) is 0 Å². The van der Waals surface area contributed by atoms with Gasteiger partial charge in [0.05, 0.1) is 11.1 Å². The van der Waals surface area contributed by atoms with Crippen molar-refractivity contribution in [3.8, 4) is 0 Å². The van der Waals surface area contributed by atoms with Gasteiger partial charge in [-0.25, -0.2) is 0 Å². The first kappa shape index (κ1) is 18.1. The molecule has 140 valence electrons. The van der Waals surface area contributed by atoms with Gasteiger partial charge in [-0.1, -0.05) is 5.57 Å². The first-order chi connectivity index (χ1) is 12.0. The second-order valence-corrected chi connectivity index (χ2v) is 9.49. The molecular weight excluding hydrogens is 380 g/mol. The fourth-order valence-corrected chi connectivity index (χ4v) is 6.88. The van der Waals surface area contributed by atoms with Gasteiger partial charge in [-0.05, 0) is 110 Å². The molecule has 5 aliphatic carbocycles. The van der Waals surface area contributed by atoms with Crippen molar-refractivity contribution in [2.24, 2.45) is 23.2 Å². The summed E-state index contributed by atoms with van der Waals surface area (Å²) in [6, 6.07) is 0. The lowest BCUT2D eigenvalue weighted by Gasteiger charge is -2.58. The highest BCUT2D eigenvalue weighted by molar-refractivity contribution is 9.12. The Labute approximate surface area is 160 Å². The fourth-order valence-electron chi connectivity index (χ4n) is 6.35. The molecule has 0 saturated heterocycles. The van der Waals surface area contributed by atoms with Gasteiger partial charge in [0.2, 0.25) is 0 Å². The number of ether oxygens (including phenoxy) is 3. The molecule has 0 N–H and O–H groups in total. The van der Waals surface area contributed by atoms with Crippen molar-refractivity contribution in [2.75, 3.05) is 13.7 Å². The number of hydrogen-bond acceptors (Lipinski definition) is 3. The third-order valence-corrected chi connectivity index (χ3v) is 8.02. The highest BCUT2D eigenvalue weighted by Crippen LogP contribution is 2.64. The zero-order chi connectivity index (χ0) is 17.6. The lowest BCUT2D eigenvalue weighted by molar-refractivity contribution is -0.257. The topological polar surface area (TPSA) is 27.7 Å². The van der Waals surface area contributed by atoms with E-state index in [2.05, 4.69) is 22.9 Å². The zero-order valence-electron chi connectivity index (χ0n) is 15.8. The molecule has 4 saturated carbocycles. The van der Waals surface area contributed by atoms with E-state index in [1.807, 2.05) is 6.92 Å². The minimum atomic E-state index is -0.623. The number of halogens is 1. The van der Waals surface area contributed by atoms with Gasteiger partial charge in [0.1, 0.15) is 5.76 Å². The normalized spacial score (nSPS) is 38.5. The van der Waals surface area contributed by atoms with E-state index in [9.17, 15) is 0 Å². The van der Waals surface area contributed by atoms with Crippen LogP contribution in [0.1, 0.15) is 65.2 Å². The van der Waals surface area contributed by atoms with Crippen LogP contribution in [0.2, 0.25) is 0 Å². The molecule has 5 aliphatic rings. The van der Waals surface area contributed by atoms with Crippen molar-refractivity contribution in [3.05, 3.63) is 21.4 Å². The molecule has 0 aromatic heterocycles. The third kappa shape index (κ3) is 3.23. The second-order valence-electron chi connectivity index (χ2n) is 8.70. The summed E-state index contributed by atoms with van der Waals surface area (Å²) < 4.78 is 18.5. The van der Waals surface area contributed by atoms with Crippen molar-refractivity contribution in [2.45, 2.75) is 71.7 Å². The highest BCUT2D eigenvalue weighted by Gasteiger charge is 2.53. The van der Waals surface area contributed by atoms with Crippen LogP contribution in [0, 0.1) is 23.2 Å². The molecule has 0 heterocycles. The minimum Gasteiger partial charge on any atom is -0.440 e. The van der Waals surface area contributed by atoms with Gasteiger partial charge in [0.25, 0.3) is 0 Å². The molecule has 4 heteroatoms. The maximum absolute atomic E-state index is 6.30.